The number of carbonyl (C=O) groups excluding carboxylic acids is 2. The highest BCUT2D eigenvalue weighted by Gasteiger charge is 2.43. The number of nitrogens with zero attached hydrogens (tertiary/aromatic N) is 2. The molecule has 134 valence electrons. The van der Waals surface area contributed by atoms with E-state index in [4.69, 9.17) is 0 Å². The second-order valence-electron chi connectivity index (χ2n) is 7.31. The Kier molecular flexibility index (Phi) is 4.58. The fourth-order valence-electron chi connectivity index (χ4n) is 3.49. The van der Waals surface area contributed by atoms with Gasteiger partial charge in [-0.3, -0.25) is 9.69 Å². The van der Waals surface area contributed by atoms with Gasteiger partial charge in [-0.2, -0.15) is 0 Å². The summed E-state index contributed by atoms with van der Waals surface area (Å²) in [5, 5.41) is 2.99. The van der Waals surface area contributed by atoms with E-state index in [2.05, 4.69) is 45.1 Å². The van der Waals surface area contributed by atoms with Crippen molar-refractivity contribution in [2.75, 3.05) is 13.6 Å². The van der Waals surface area contributed by atoms with Crippen LogP contribution in [0.25, 0.3) is 0 Å². The summed E-state index contributed by atoms with van der Waals surface area (Å²) in [4.78, 5) is 28.9. The van der Waals surface area contributed by atoms with Crippen molar-refractivity contribution >= 4 is 11.9 Å². The van der Waals surface area contributed by atoms with Crippen LogP contribution >= 0.6 is 0 Å². The zero-order valence-corrected chi connectivity index (χ0v) is 15.7. The van der Waals surface area contributed by atoms with Crippen LogP contribution in [0.1, 0.15) is 57.2 Å². The summed E-state index contributed by atoms with van der Waals surface area (Å²) in [5.41, 5.74) is 3.74. The predicted octanol–water partition coefficient (Wildman–Crippen LogP) is 3.40. The van der Waals surface area contributed by atoms with Gasteiger partial charge in [0.25, 0.3) is 5.91 Å². The van der Waals surface area contributed by atoms with Crippen molar-refractivity contribution in [3.8, 4) is 0 Å². The molecule has 2 heterocycles. The molecule has 0 saturated carbocycles. The molecule has 5 nitrogen and oxygen atoms in total. The maximum atomic E-state index is 13.0. The van der Waals surface area contributed by atoms with Crippen LogP contribution in [0.15, 0.2) is 35.5 Å². The van der Waals surface area contributed by atoms with Crippen LogP contribution in [0.4, 0.5) is 4.79 Å². The van der Waals surface area contributed by atoms with Crippen molar-refractivity contribution in [3.05, 3.63) is 46.7 Å². The SMILES string of the molecule is CC[C@H](C)N1CC2=C(C1=O)[C@H](c1ccc(C(C)C)cc1)NC(=O)N2C. The molecule has 0 unspecified atom stereocenters. The highest BCUT2D eigenvalue weighted by atomic mass is 16.2. The lowest BCUT2D eigenvalue weighted by atomic mass is 9.93. The minimum atomic E-state index is -0.374. The molecule has 0 aliphatic carbocycles. The van der Waals surface area contributed by atoms with E-state index >= 15 is 0 Å². The number of likely N-dealkylation sites (N-methyl/N-ethyl adjacent to an activating group) is 1. The molecule has 2 atom stereocenters. The molecule has 0 radical (unpaired) electrons. The Hall–Kier alpha value is -2.30. The lowest BCUT2D eigenvalue weighted by Gasteiger charge is -2.31. The smallest absolute Gasteiger partial charge is 0.322 e. The standard InChI is InChI=1S/C20H27N3O2/c1-6-13(4)23-11-16-17(19(23)24)18(21-20(25)22(16)5)15-9-7-14(8-10-15)12(2)3/h7-10,12-13,18H,6,11H2,1-5H3,(H,21,25)/t13-,18-/m0/s1. The molecule has 3 amide bonds. The van der Waals surface area contributed by atoms with Crippen molar-refractivity contribution in [3.63, 3.8) is 0 Å². The van der Waals surface area contributed by atoms with Gasteiger partial charge in [-0.25, -0.2) is 4.79 Å². The molecule has 0 spiro atoms. The molecular formula is C20H27N3O2. The van der Waals surface area contributed by atoms with Crippen molar-refractivity contribution in [2.45, 2.75) is 52.1 Å². The Morgan fingerprint density at radius 2 is 1.80 bits per heavy atom. The van der Waals surface area contributed by atoms with Crippen LogP contribution in [-0.4, -0.2) is 41.4 Å². The zero-order valence-electron chi connectivity index (χ0n) is 15.7. The second-order valence-corrected chi connectivity index (χ2v) is 7.31. The van der Waals surface area contributed by atoms with Gasteiger partial charge in [-0.15, -0.1) is 0 Å². The van der Waals surface area contributed by atoms with Crippen molar-refractivity contribution in [1.29, 1.82) is 0 Å². The number of carbonyl (C=O) groups is 2. The molecule has 1 N–H and O–H groups in total. The number of urea groups is 1. The lowest BCUT2D eigenvalue weighted by Crippen LogP contribution is -2.45. The highest BCUT2D eigenvalue weighted by Crippen LogP contribution is 2.36. The van der Waals surface area contributed by atoms with Crippen molar-refractivity contribution < 1.29 is 9.59 Å². The van der Waals surface area contributed by atoms with Gasteiger partial charge in [0.05, 0.1) is 23.9 Å². The van der Waals surface area contributed by atoms with Crippen LogP contribution in [0.3, 0.4) is 0 Å². The van der Waals surface area contributed by atoms with Gasteiger partial charge in [-0.1, -0.05) is 45.0 Å². The summed E-state index contributed by atoms with van der Waals surface area (Å²) < 4.78 is 0. The number of amides is 3. The summed E-state index contributed by atoms with van der Waals surface area (Å²) >= 11 is 0. The van der Waals surface area contributed by atoms with E-state index < -0.39 is 0 Å². The quantitative estimate of drug-likeness (QED) is 0.912. The third-order valence-electron chi connectivity index (χ3n) is 5.45. The summed E-state index contributed by atoms with van der Waals surface area (Å²) in [6, 6.07) is 7.83. The largest absolute Gasteiger partial charge is 0.330 e. The first-order valence-electron chi connectivity index (χ1n) is 9.03. The van der Waals surface area contributed by atoms with Crippen LogP contribution in [0.5, 0.6) is 0 Å². The van der Waals surface area contributed by atoms with Gasteiger partial charge in [0, 0.05) is 13.1 Å². The molecule has 0 fully saturated rings. The maximum Gasteiger partial charge on any atom is 0.322 e. The van der Waals surface area contributed by atoms with Gasteiger partial charge in [-0.05, 0) is 30.4 Å². The molecule has 0 bridgehead atoms. The first-order chi connectivity index (χ1) is 11.8. The van der Waals surface area contributed by atoms with E-state index in [1.807, 2.05) is 17.0 Å². The van der Waals surface area contributed by atoms with Gasteiger partial charge < -0.3 is 10.2 Å². The molecule has 2 aliphatic rings. The Labute approximate surface area is 149 Å². The van der Waals surface area contributed by atoms with E-state index in [0.717, 1.165) is 17.7 Å². The first kappa shape index (κ1) is 17.5. The minimum Gasteiger partial charge on any atom is -0.330 e. The number of rotatable bonds is 4. The topological polar surface area (TPSA) is 52.7 Å². The number of hydrogen-bond donors (Lipinski definition) is 1. The molecule has 5 heteroatoms. The van der Waals surface area contributed by atoms with E-state index in [0.29, 0.717) is 18.0 Å². The van der Waals surface area contributed by atoms with Gasteiger partial charge in [0.1, 0.15) is 0 Å². The van der Waals surface area contributed by atoms with Crippen LogP contribution in [-0.2, 0) is 4.79 Å². The van der Waals surface area contributed by atoms with Gasteiger partial charge >= 0.3 is 6.03 Å². The fraction of sp³-hybridized carbons (Fsp3) is 0.500. The maximum absolute atomic E-state index is 13.0. The summed E-state index contributed by atoms with van der Waals surface area (Å²) in [6.07, 6.45) is 0.894. The average Bonchev–Trinajstić information content (AvgIpc) is 2.95. The lowest BCUT2D eigenvalue weighted by molar-refractivity contribution is -0.127. The molecule has 3 rings (SSSR count). The summed E-state index contributed by atoms with van der Waals surface area (Å²) in [5.74, 6) is 0.485. The molecule has 0 aromatic heterocycles. The third kappa shape index (κ3) is 2.92. The zero-order chi connectivity index (χ0) is 18.3. The second kappa shape index (κ2) is 6.54. The van der Waals surface area contributed by atoms with E-state index in [9.17, 15) is 9.59 Å². The third-order valence-corrected chi connectivity index (χ3v) is 5.45. The van der Waals surface area contributed by atoms with E-state index in [1.165, 1.54) is 5.56 Å². The fourth-order valence-corrected chi connectivity index (χ4v) is 3.49. The highest BCUT2D eigenvalue weighted by molar-refractivity contribution is 6.01. The number of nitrogens with one attached hydrogen (secondary N) is 1. The number of hydrogen-bond acceptors (Lipinski definition) is 2. The normalized spacial score (nSPS) is 21.8. The van der Waals surface area contributed by atoms with Crippen LogP contribution in [0, 0.1) is 0 Å². The van der Waals surface area contributed by atoms with Gasteiger partial charge in [0.2, 0.25) is 0 Å². The molecule has 0 saturated heterocycles. The summed E-state index contributed by atoms with van der Waals surface area (Å²) in [7, 11) is 1.73. The molecule has 1 aromatic carbocycles. The molecular weight excluding hydrogens is 314 g/mol. The number of benzene rings is 1. The van der Waals surface area contributed by atoms with E-state index in [-0.39, 0.29) is 24.0 Å². The Morgan fingerprint density at radius 3 is 2.36 bits per heavy atom. The molecule has 2 aliphatic heterocycles. The molecule has 1 aromatic rings. The molecule has 25 heavy (non-hydrogen) atoms. The monoisotopic (exact) mass is 341 g/mol. The van der Waals surface area contributed by atoms with Crippen LogP contribution < -0.4 is 5.32 Å². The Morgan fingerprint density at radius 1 is 1.16 bits per heavy atom. The van der Waals surface area contributed by atoms with Crippen molar-refractivity contribution in [1.82, 2.24) is 15.1 Å². The Balaban J connectivity index is 1.99. The van der Waals surface area contributed by atoms with Crippen LogP contribution in [0.2, 0.25) is 0 Å². The predicted molar refractivity (Wildman–Crippen MR) is 98.1 cm³/mol. The van der Waals surface area contributed by atoms with Gasteiger partial charge in [0.15, 0.2) is 0 Å². The van der Waals surface area contributed by atoms with Crippen molar-refractivity contribution in [2.24, 2.45) is 0 Å². The average molecular weight is 341 g/mol. The van der Waals surface area contributed by atoms with E-state index in [1.54, 1.807) is 11.9 Å². The minimum absolute atomic E-state index is 0.0362. The Bertz CT molecular complexity index is 721. The first-order valence-corrected chi connectivity index (χ1v) is 9.03. The summed E-state index contributed by atoms with van der Waals surface area (Å²) in [6.45, 7) is 8.94.